The Bertz CT molecular complexity index is 1470. The number of morpholine rings is 1. The standard InChI is InChI=1S/C27H29F4N7O3/c1-16-15-38(4-3-36(16)2)23-11-21(28)18(17-12-33-26(34-13-17)37-5-7-41-8-6-37)9-22(23)35-25(40)19-14-32-24(39)10-20(19)27(29,30)31/h9-14,16H,3-8,15H2,1-2H3,(H,32,39)(H,35,40)/t16-/m0/s1. The molecule has 2 saturated heterocycles. The zero-order valence-electron chi connectivity index (χ0n) is 22.5. The molecule has 0 aliphatic carbocycles. The number of piperazine rings is 1. The Morgan fingerprint density at radius 1 is 1.07 bits per heavy atom. The molecule has 218 valence electrons. The maximum absolute atomic E-state index is 15.6. The Kier molecular flexibility index (Phi) is 7.95. The van der Waals surface area contributed by atoms with Crippen LogP contribution in [0.25, 0.3) is 11.1 Å². The third-order valence-corrected chi connectivity index (χ3v) is 7.35. The number of H-pyrrole nitrogens is 1. The number of aromatic nitrogens is 3. The zero-order valence-corrected chi connectivity index (χ0v) is 22.5. The zero-order chi connectivity index (χ0) is 29.3. The van der Waals surface area contributed by atoms with Crippen molar-refractivity contribution in [2.75, 3.05) is 68.1 Å². The van der Waals surface area contributed by atoms with E-state index in [1.54, 1.807) is 0 Å². The summed E-state index contributed by atoms with van der Waals surface area (Å²) in [6.45, 7) is 5.99. The van der Waals surface area contributed by atoms with Gasteiger partial charge in [-0.25, -0.2) is 14.4 Å². The first kappa shape index (κ1) is 28.5. The quantitative estimate of drug-likeness (QED) is 0.447. The Hall–Kier alpha value is -4.04. The van der Waals surface area contributed by atoms with E-state index in [2.05, 4.69) is 25.2 Å². The van der Waals surface area contributed by atoms with Crippen LogP contribution in [0.1, 0.15) is 22.8 Å². The molecular formula is C27H29F4N7O3. The molecule has 2 N–H and O–H groups in total. The van der Waals surface area contributed by atoms with Gasteiger partial charge in [-0.2, -0.15) is 13.2 Å². The summed E-state index contributed by atoms with van der Waals surface area (Å²) >= 11 is 0. The van der Waals surface area contributed by atoms with Crippen molar-refractivity contribution in [2.45, 2.75) is 19.1 Å². The lowest BCUT2D eigenvalue weighted by Crippen LogP contribution is -2.50. The fourth-order valence-corrected chi connectivity index (χ4v) is 4.88. The van der Waals surface area contributed by atoms with Gasteiger partial charge in [0.05, 0.1) is 35.7 Å². The van der Waals surface area contributed by atoms with Crippen LogP contribution in [0.3, 0.4) is 0 Å². The second-order valence-electron chi connectivity index (χ2n) is 10.1. The summed E-state index contributed by atoms with van der Waals surface area (Å²) in [5.41, 5.74) is -2.30. The van der Waals surface area contributed by atoms with Crippen LogP contribution in [0, 0.1) is 5.82 Å². The predicted octanol–water partition coefficient (Wildman–Crippen LogP) is 3.22. The lowest BCUT2D eigenvalue weighted by molar-refractivity contribution is -0.138. The van der Waals surface area contributed by atoms with Gasteiger partial charge in [0.2, 0.25) is 11.5 Å². The topological polar surface area (TPSA) is 107 Å². The van der Waals surface area contributed by atoms with Crippen molar-refractivity contribution in [1.82, 2.24) is 19.9 Å². The van der Waals surface area contributed by atoms with Gasteiger partial charge in [-0.1, -0.05) is 0 Å². The number of hydrogen-bond acceptors (Lipinski definition) is 8. The molecule has 0 radical (unpaired) electrons. The summed E-state index contributed by atoms with van der Waals surface area (Å²) in [5, 5.41) is 2.54. The number of amides is 1. The Morgan fingerprint density at radius 2 is 1.78 bits per heavy atom. The molecule has 5 rings (SSSR count). The van der Waals surface area contributed by atoms with E-state index in [1.807, 2.05) is 23.8 Å². The van der Waals surface area contributed by atoms with Crippen molar-refractivity contribution >= 4 is 23.2 Å². The third-order valence-electron chi connectivity index (χ3n) is 7.35. The molecule has 4 heterocycles. The van der Waals surface area contributed by atoms with E-state index in [4.69, 9.17) is 4.74 Å². The summed E-state index contributed by atoms with van der Waals surface area (Å²) in [6.07, 6.45) is -1.29. The number of rotatable bonds is 5. The van der Waals surface area contributed by atoms with E-state index in [0.717, 1.165) is 6.20 Å². The number of ether oxygens (including phenoxy) is 1. The van der Waals surface area contributed by atoms with Gasteiger partial charge in [-0.15, -0.1) is 0 Å². The minimum atomic E-state index is -4.94. The van der Waals surface area contributed by atoms with E-state index in [9.17, 15) is 22.8 Å². The largest absolute Gasteiger partial charge is 0.417 e. The molecule has 1 amide bonds. The van der Waals surface area contributed by atoms with Crippen molar-refractivity contribution < 1.29 is 27.1 Å². The van der Waals surface area contributed by atoms with E-state index < -0.39 is 34.6 Å². The highest BCUT2D eigenvalue weighted by atomic mass is 19.4. The third kappa shape index (κ3) is 6.17. The number of pyridine rings is 1. The van der Waals surface area contributed by atoms with Crippen molar-refractivity contribution in [3.8, 4) is 11.1 Å². The number of aromatic amines is 1. The van der Waals surface area contributed by atoms with Crippen LogP contribution in [0.5, 0.6) is 0 Å². The summed E-state index contributed by atoms with van der Waals surface area (Å²) < 4.78 is 61.9. The molecule has 14 heteroatoms. The number of halogens is 4. The molecular weight excluding hydrogens is 546 g/mol. The second kappa shape index (κ2) is 11.4. The number of nitrogens with zero attached hydrogens (tertiary/aromatic N) is 5. The van der Waals surface area contributed by atoms with Crippen LogP contribution in [-0.4, -0.2) is 84.8 Å². The molecule has 1 atom stereocenters. The Balaban J connectivity index is 1.53. The normalized spacial score (nSPS) is 18.4. The molecule has 0 spiro atoms. The van der Waals surface area contributed by atoms with Crippen molar-refractivity contribution in [2.24, 2.45) is 0 Å². The molecule has 41 heavy (non-hydrogen) atoms. The summed E-state index contributed by atoms with van der Waals surface area (Å²) in [6, 6.07) is 3.07. The molecule has 10 nitrogen and oxygen atoms in total. The maximum Gasteiger partial charge on any atom is 0.417 e. The number of alkyl halides is 3. The van der Waals surface area contributed by atoms with E-state index in [-0.39, 0.29) is 17.3 Å². The first-order valence-electron chi connectivity index (χ1n) is 13.1. The van der Waals surface area contributed by atoms with Gasteiger partial charge in [0.25, 0.3) is 5.91 Å². The first-order chi connectivity index (χ1) is 19.5. The lowest BCUT2D eigenvalue weighted by Gasteiger charge is -2.39. The van der Waals surface area contributed by atoms with Crippen LogP contribution < -0.4 is 20.7 Å². The van der Waals surface area contributed by atoms with E-state index in [0.29, 0.717) is 69.2 Å². The van der Waals surface area contributed by atoms with E-state index in [1.165, 1.54) is 24.5 Å². The number of carbonyl (C=O) groups is 1. The molecule has 0 saturated carbocycles. The van der Waals surface area contributed by atoms with E-state index >= 15 is 4.39 Å². The maximum atomic E-state index is 15.6. The number of hydrogen-bond donors (Lipinski definition) is 2. The van der Waals surface area contributed by atoms with Crippen molar-refractivity contribution in [3.05, 3.63) is 64.1 Å². The Labute approximate surface area is 233 Å². The number of benzene rings is 1. The number of likely N-dealkylation sites (N-methyl/N-ethyl adjacent to an activating group) is 1. The number of carbonyl (C=O) groups excluding carboxylic acids is 1. The monoisotopic (exact) mass is 575 g/mol. The summed E-state index contributed by atoms with van der Waals surface area (Å²) in [4.78, 5) is 41.6. The number of nitrogens with one attached hydrogen (secondary N) is 2. The fraction of sp³-hybridized carbons (Fsp3) is 0.407. The Morgan fingerprint density at radius 3 is 2.44 bits per heavy atom. The lowest BCUT2D eigenvalue weighted by atomic mass is 10.0. The molecule has 0 bridgehead atoms. The first-order valence-corrected chi connectivity index (χ1v) is 13.1. The second-order valence-corrected chi connectivity index (χ2v) is 10.1. The average molecular weight is 576 g/mol. The SMILES string of the molecule is C[C@H]1CN(c2cc(F)c(-c3cnc(N4CCOCC4)nc3)cc2NC(=O)c2c[nH]c(=O)cc2C(F)(F)F)CCN1C. The van der Waals surface area contributed by atoms with Gasteiger partial charge in [-0.05, 0) is 26.1 Å². The van der Waals surface area contributed by atoms with Crippen LogP contribution in [0.2, 0.25) is 0 Å². The van der Waals surface area contributed by atoms with Crippen LogP contribution in [0.15, 0.2) is 41.6 Å². The van der Waals surface area contributed by atoms with Gasteiger partial charge in [-0.3, -0.25) is 9.59 Å². The highest BCUT2D eigenvalue weighted by molar-refractivity contribution is 6.07. The summed E-state index contributed by atoms with van der Waals surface area (Å²) in [5.74, 6) is -1.24. The average Bonchev–Trinajstić information content (AvgIpc) is 2.95. The predicted molar refractivity (Wildman–Crippen MR) is 145 cm³/mol. The fourth-order valence-electron chi connectivity index (χ4n) is 4.88. The molecule has 2 aliphatic heterocycles. The van der Waals surface area contributed by atoms with Gasteiger partial charge in [0.1, 0.15) is 5.82 Å². The summed E-state index contributed by atoms with van der Waals surface area (Å²) in [7, 11) is 1.96. The molecule has 3 aromatic rings. The molecule has 0 unspecified atom stereocenters. The highest BCUT2D eigenvalue weighted by Gasteiger charge is 2.36. The molecule has 2 aromatic heterocycles. The van der Waals surface area contributed by atoms with Gasteiger partial charge >= 0.3 is 6.18 Å². The van der Waals surface area contributed by atoms with Gasteiger partial charge in [0, 0.05) is 74.5 Å². The molecule has 2 aliphatic rings. The highest BCUT2D eigenvalue weighted by Crippen LogP contribution is 2.36. The van der Waals surface area contributed by atoms with Gasteiger partial charge < -0.3 is 29.7 Å². The molecule has 1 aromatic carbocycles. The molecule has 2 fully saturated rings. The van der Waals surface area contributed by atoms with Crippen LogP contribution >= 0.6 is 0 Å². The van der Waals surface area contributed by atoms with Crippen molar-refractivity contribution in [1.29, 1.82) is 0 Å². The smallest absolute Gasteiger partial charge is 0.378 e. The minimum absolute atomic E-state index is 0.0669. The van der Waals surface area contributed by atoms with Crippen LogP contribution in [0.4, 0.5) is 34.9 Å². The minimum Gasteiger partial charge on any atom is -0.378 e. The van der Waals surface area contributed by atoms with Crippen molar-refractivity contribution in [3.63, 3.8) is 0 Å². The number of anilines is 3. The van der Waals surface area contributed by atoms with Gasteiger partial charge in [0.15, 0.2) is 0 Å². The van der Waals surface area contributed by atoms with Crippen LogP contribution in [-0.2, 0) is 10.9 Å².